The van der Waals surface area contributed by atoms with Crippen LogP contribution in [0.2, 0.25) is 0 Å². The first-order chi connectivity index (χ1) is 4.41. The quantitative estimate of drug-likeness (QED) is 0.316. The van der Waals surface area contributed by atoms with Gasteiger partial charge in [-0.05, 0) is 6.92 Å². The number of hydrogen-bond acceptors (Lipinski definition) is 4. The molecular weight excluding hydrogens is 136 g/mol. The zero-order valence-electron chi connectivity index (χ0n) is 5.75. The summed E-state index contributed by atoms with van der Waals surface area (Å²) in [6.07, 6.45) is 0.0384. The van der Waals surface area contributed by atoms with Gasteiger partial charge in [-0.3, -0.25) is 14.4 Å². The van der Waals surface area contributed by atoms with E-state index in [0.717, 1.165) is 13.8 Å². The molecule has 4 heteroatoms. The average molecular weight is 144 g/mol. The number of aliphatic hydroxyl groups is 1. The van der Waals surface area contributed by atoms with Gasteiger partial charge >= 0.3 is 0 Å². The van der Waals surface area contributed by atoms with E-state index < -0.39 is 17.2 Å². The minimum Gasteiger partial charge on any atom is -0.375 e. The molecule has 10 heavy (non-hydrogen) atoms. The van der Waals surface area contributed by atoms with E-state index in [-0.39, 0.29) is 6.29 Å². The summed E-state index contributed by atoms with van der Waals surface area (Å²) in [5.74, 6) is -1.90. The van der Waals surface area contributed by atoms with Crippen LogP contribution in [0.25, 0.3) is 0 Å². The second-order valence-corrected chi connectivity index (χ2v) is 2.15. The fourth-order valence-electron chi connectivity index (χ4n) is 0.410. The predicted molar refractivity (Wildman–Crippen MR) is 32.4 cm³/mol. The molecule has 4 nitrogen and oxygen atoms in total. The van der Waals surface area contributed by atoms with E-state index in [4.69, 9.17) is 5.11 Å². The van der Waals surface area contributed by atoms with Crippen LogP contribution in [0.15, 0.2) is 0 Å². The molecule has 0 aliphatic carbocycles. The van der Waals surface area contributed by atoms with E-state index in [0.29, 0.717) is 0 Å². The van der Waals surface area contributed by atoms with Gasteiger partial charge in [0.1, 0.15) is 0 Å². The van der Waals surface area contributed by atoms with Crippen LogP contribution in [-0.2, 0) is 14.4 Å². The Morgan fingerprint density at radius 2 is 1.90 bits per heavy atom. The molecule has 0 fully saturated rings. The van der Waals surface area contributed by atoms with Crippen molar-refractivity contribution in [2.45, 2.75) is 19.4 Å². The molecule has 0 aromatic heterocycles. The highest BCUT2D eigenvalue weighted by Crippen LogP contribution is 2.00. The molecule has 0 aliphatic heterocycles. The molecule has 1 atom stereocenters. The van der Waals surface area contributed by atoms with Crippen molar-refractivity contribution in [1.82, 2.24) is 0 Å². The van der Waals surface area contributed by atoms with Gasteiger partial charge in [-0.15, -0.1) is 0 Å². The maximum absolute atomic E-state index is 10.6. The third kappa shape index (κ3) is 1.73. The van der Waals surface area contributed by atoms with Crippen LogP contribution in [-0.4, -0.2) is 28.6 Å². The first kappa shape index (κ1) is 8.97. The molecule has 0 saturated carbocycles. The topological polar surface area (TPSA) is 71.4 Å². The Bertz CT molecular complexity index is 180. The van der Waals surface area contributed by atoms with Gasteiger partial charge in [0.25, 0.3) is 0 Å². The van der Waals surface area contributed by atoms with Crippen molar-refractivity contribution in [1.29, 1.82) is 0 Å². The lowest BCUT2D eigenvalue weighted by atomic mass is 10.0. The van der Waals surface area contributed by atoms with Crippen LogP contribution >= 0.6 is 0 Å². The van der Waals surface area contributed by atoms with Gasteiger partial charge in [0, 0.05) is 6.92 Å². The minimum atomic E-state index is -2.15. The zero-order valence-corrected chi connectivity index (χ0v) is 5.75. The first-order valence-corrected chi connectivity index (χ1v) is 2.66. The first-order valence-electron chi connectivity index (χ1n) is 2.66. The molecule has 0 bridgehead atoms. The third-order valence-electron chi connectivity index (χ3n) is 1.01. The van der Waals surface area contributed by atoms with Crippen molar-refractivity contribution < 1.29 is 19.5 Å². The molecule has 0 radical (unpaired) electrons. The van der Waals surface area contributed by atoms with Crippen LogP contribution in [0.4, 0.5) is 0 Å². The second kappa shape index (κ2) is 2.70. The molecule has 1 N–H and O–H groups in total. The Morgan fingerprint density at radius 1 is 1.50 bits per heavy atom. The molecule has 1 unspecified atom stereocenters. The fraction of sp³-hybridized carbons (Fsp3) is 0.500. The van der Waals surface area contributed by atoms with Gasteiger partial charge in [0.2, 0.25) is 5.78 Å². The van der Waals surface area contributed by atoms with Gasteiger partial charge in [-0.1, -0.05) is 0 Å². The third-order valence-corrected chi connectivity index (χ3v) is 1.01. The van der Waals surface area contributed by atoms with Crippen molar-refractivity contribution >= 4 is 17.9 Å². The number of aldehydes is 1. The summed E-state index contributed by atoms with van der Waals surface area (Å²) in [5, 5.41) is 8.82. The van der Waals surface area contributed by atoms with Gasteiger partial charge in [-0.2, -0.15) is 0 Å². The van der Waals surface area contributed by atoms with Crippen LogP contribution in [0.1, 0.15) is 13.8 Å². The smallest absolute Gasteiger partial charge is 0.236 e. The summed E-state index contributed by atoms with van der Waals surface area (Å²) in [6.45, 7) is 1.98. The maximum Gasteiger partial charge on any atom is 0.236 e. The molecular formula is C6H8O4. The number of carbonyl (C=O) groups is 3. The van der Waals surface area contributed by atoms with Gasteiger partial charge in [-0.25, -0.2) is 0 Å². The number of ketones is 2. The van der Waals surface area contributed by atoms with Crippen molar-refractivity contribution in [2.75, 3.05) is 0 Å². The molecule has 0 amide bonds. The minimum absolute atomic E-state index is 0.0384. The van der Waals surface area contributed by atoms with E-state index in [1.54, 1.807) is 0 Å². The largest absolute Gasteiger partial charge is 0.375 e. The molecule has 56 valence electrons. The van der Waals surface area contributed by atoms with E-state index >= 15 is 0 Å². The zero-order chi connectivity index (χ0) is 8.36. The Kier molecular flexibility index (Phi) is 2.42. The van der Waals surface area contributed by atoms with Crippen LogP contribution < -0.4 is 0 Å². The Balaban J connectivity index is 4.49. The lowest BCUT2D eigenvalue weighted by Gasteiger charge is -2.10. The SMILES string of the molecule is CC(=O)C(=O)C(C)(O)C=O. The summed E-state index contributed by atoms with van der Waals surface area (Å²) in [7, 11) is 0. The van der Waals surface area contributed by atoms with Crippen LogP contribution in [0.5, 0.6) is 0 Å². The lowest BCUT2D eigenvalue weighted by Crippen LogP contribution is -2.40. The summed E-state index contributed by atoms with van der Waals surface area (Å²) >= 11 is 0. The summed E-state index contributed by atoms with van der Waals surface area (Å²) in [4.78, 5) is 30.8. The highest BCUT2D eigenvalue weighted by atomic mass is 16.3. The normalized spacial score (nSPS) is 15.5. The Hall–Kier alpha value is -1.03. The Morgan fingerprint density at radius 3 is 2.00 bits per heavy atom. The van der Waals surface area contributed by atoms with Crippen molar-refractivity contribution in [2.24, 2.45) is 0 Å². The predicted octanol–water partition coefficient (Wildman–Crippen LogP) is -0.906. The van der Waals surface area contributed by atoms with Crippen LogP contribution in [0, 0.1) is 0 Å². The number of hydrogen-bond donors (Lipinski definition) is 1. The number of rotatable bonds is 3. The molecule has 0 rings (SSSR count). The van der Waals surface area contributed by atoms with Gasteiger partial charge in [0.05, 0.1) is 0 Å². The van der Waals surface area contributed by atoms with E-state index in [9.17, 15) is 14.4 Å². The molecule has 0 aliphatic rings. The molecule has 0 saturated heterocycles. The second-order valence-electron chi connectivity index (χ2n) is 2.15. The van der Waals surface area contributed by atoms with Crippen molar-refractivity contribution in [3.8, 4) is 0 Å². The molecule has 0 aromatic rings. The highest BCUT2D eigenvalue weighted by molar-refractivity contribution is 6.42. The summed E-state index contributed by atoms with van der Waals surface area (Å²) < 4.78 is 0. The fourth-order valence-corrected chi connectivity index (χ4v) is 0.410. The lowest BCUT2D eigenvalue weighted by molar-refractivity contribution is -0.149. The van der Waals surface area contributed by atoms with Gasteiger partial charge in [0.15, 0.2) is 17.7 Å². The van der Waals surface area contributed by atoms with Crippen LogP contribution in [0.3, 0.4) is 0 Å². The van der Waals surface area contributed by atoms with E-state index in [1.807, 2.05) is 0 Å². The number of carbonyl (C=O) groups excluding carboxylic acids is 3. The highest BCUT2D eigenvalue weighted by Gasteiger charge is 2.32. The Labute approximate surface area is 57.8 Å². The summed E-state index contributed by atoms with van der Waals surface area (Å²) in [6, 6.07) is 0. The van der Waals surface area contributed by atoms with E-state index in [1.165, 1.54) is 0 Å². The summed E-state index contributed by atoms with van der Waals surface area (Å²) in [5.41, 5.74) is -2.15. The van der Waals surface area contributed by atoms with E-state index in [2.05, 4.69) is 0 Å². The maximum atomic E-state index is 10.6. The molecule has 0 heterocycles. The van der Waals surface area contributed by atoms with Crippen molar-refractivity contribution in [3.63, 3.8) is 0 Å². The standard InChI is InChI=1S/C6H8O4/c1-4(8)5(9)6(2,10)3-7/h3,10H,1-2H3. The number of Topliss-reactive ketones (excluding diaryl/α,β-unsaturated/α-hetero) is 2. The molecule has 0 spiro atoms. The average Bonchev–Trinajstić information content (AvgIpc) is 1.86. The molecule has 0 aromatic carbocycles. The monoisotopic (exact) mass is 144 g/mol. The van der Waals surface area contributed by atoms with Crippen molar-refractivity contribution in [3.05, 3.63) is 0 Å². The van der Waals surface area contributed by atoms with Gasteiger partial charge < -0.3 is 5.11 Å².